The minimum absolute atomic E-state index is 0.585. The van der Waals surface area contributed by atoms with Crippen LogP contribution in [0.5, 0.6) is 0 Å². The number of rotatable bonds is 5. The van der Waals surface area contributed by atoms with E-state index in [4.69, 9.17) is 35.4 Å². The second-order valence-corrected chi connectivity index (χ2v) is 8.06. The number of nitrogens with one attached hydrogen (secondary N) is 1. The molecule has 144 valence electrons. The van der Waals surface area contributed by atoms with Gasteiger partial charge in [0.1, 0.15) is 0 Å². The first-order chi connectivity index (χ1) is 13.4. The number of halogens is 2. The summed E-state index contributed by atoms with van der Waals surface area (Å²) in [5, 5.41) is 5.33. The molecule has 0 unspecified atom stereocenters. The highest BCUT2D eigenvalue weighted by Crippen LogP contribution is 2.24. The van der Waals surface area contributed by atoms with Crippen molar-refractivity contribution in [3.8, 4) is 0 Å². The summed E-state index contributed by atoms with van der Waals surface area (Å²) in [6, 6.07) is 22.1. The average Bonchev–Trinajstić information content (AvgIpc) is 2.67. The van der Waals surface area contributed by atoms with Gasteiger partial charge >= 0.3 is 0 Å². The molecule has 0 aliphatic heterocycles. The fourth-order valence-corrected chi connectivity index (χ4v) is 3.63. The molecular formula is C23H22Cl2N2S. The lowest BCUT2D eigenvalue weighted by Gasteiger charge is -2.27. The molecule has 0 saturated heterocycles. The van der Waals surface area contributed by atoms with Crippen LogP contribution in [0.25, 0.3) is 0 Å². The molecule has 5 heteroatoms. The molecule has 3 rings (SSSR count). The van der Waals surface area contributed by atoms with Crippen molar-refractivity contribution in [3.63, 3.8) is 0 Å². The third kappa shape index (κ3) is 5.48. The molecule has 1 N–H and O–H groups in total. The maximum atomic E-state index is 6.41. The number of aryl methyl sites for hydroxylation is 2. The Morgan fingerprint density at radius 2 is 1.68 bits per heavy atom. The van der Waals surface area contributed by atoms with Crippen LogP contribution < -0.4 is 5.32 Å². The molecule has 0 fully saturated rings. The van der Waals surface area contributed by atoms with Crippen molar-refractivity contribution in [2.75, 3.05) is 5.32 Å². The Bertz CT molecular complexity index is 974. The van der Waals surface area contributed by atoms with Crippen molar-refractivity contribution in [3.05, 3.63) is 99.0 Å². The van der Waals surface area contributed by atoms with Crippen molar-refractivity contribution in [1.29, 1.82) is 0 Å². The lowest BCUT2D eigenvalue weighted by molar-refractivity contribution is 0.413. The molecule has 0 bridgehead atoms. The van der Waals surface area contributed by atoms with Gasteiger partial charge in [0.05, 0.1) is 0 Å². The second-order valence-electron chi connectivity index (χ2n) is 6.83. The van der Waals surface area contributed by atoms with Crippen LogP contribution in [0.1, 0.15) is 22.3 Å². The monoisotopic (exact) mass is 428 g/mol. The molecule has 28 heavy (non-hydrogen) atoms. The van der Waals surface area contributed by atoms with Gasteiger partial charge in [0, 0.05) is 28.8 Å². The van der Waals surface area contributed by atoms with Crippen LogP contribution in [0.15, 0.2) is 66.7 Å². The Morgan fingerprint density at radius 1 is 0.929 bits per heavy atom. The molecule has 2 nitrogen and oxygen atoms in total. The molecular weight excluding hydrogens is 407 g/mol. The molecule has 0 saturated carbocycles. The summed E-state index contributed by atoms with van der Waals surface area (Å²) in [4.78, 5) is 2.11. The van der Waals surface area contributed by atoms with E-state index in [2.05, 4.69) is 54.4 Å². The van der Waals surface area contributed by atoms with Crippen LogP contribution in [0.4, 0.5) is 5.69 Å². The lowest BCUT2D eigenvalue weighted by atomic mass is 10.1. The number of hydrogen-bond donors (Lipinski definition) is 1. The first kappa shape index (κ1) is 20.7. The topological polar surface area (TPSA) is 15.3 Å². The fourth-order valence-electron chi connectivity index (χ4n) is 2.92. The molecule has 0 spiro atoms. The minimum Gasteiger partial charge on any atom is -0.340 e. The Morgan fingerprint density at radius 3 is 2.39 bits per heavy atom. The largest absolute Gasteiger partial charge is 0.340 e. The fraction of sp³-hybridized carbons (Fsp3) is 0.174. The Hall–Kier alpha value is -2.07. The zero-order valence-electron chi connectivity index (χ0n) is 15.9. The van der Waals surface area contributed by atoms with E-state index >= 15 is 0 Å². The second kappa shape index (κ2) is 9.42. The van der Waals surface area contributed by atoms with Gasteiger partial charge in [0.2, 0.25) is 0 Å². The molecule has 0 aliphatic rings. The van der Waals surface area contributed by atoms with Crippen LogP contribution in [-0.4, -0.2) is 10.0 Å². The number of benzene rings is 3. The zero-order chi connectivity index (χ0) is 20.1. The highest BCUT2D eigenvalue weighted by molar-refractivity contribution is 7.80. The van der Waals surface area contributed by atoms with Gasteiger partial charge in [0.25, 0.3) is 0 Å². The smallest absolute Gasteiger partial charge is 0.174 e. The van der Waals surface area contributed by atoms with Gasteiger partial charge in [-0.1, -0.05) is 71.7 Å². The molecule has 0 aliphatic carbocycles. The van der Waals surface area contributed by atoms with Crippen molar-refractivity contribution in [1.82, 2.24) is 4.90 Å². The normalized spacial score (nSPS) is 10.6. The van der Waals surface area contributed by atoms with Crippen LogP contribution in [0.3, 0.4) is 0 Å². The quantitative estimate of drug-likeness (QED) is 0.439. The number of thiocarbonyl (C=S) groups is 1. The van der Waals surface area contributed by atoms with Gasteiger partial charge in [-0.05, 0) is 66.5 Å². The van der Waals surface area contributed by atoms with E-state index in [1.807, 2.05) is 30.3 Å². The zero-order valence-corrected chi connectivity index (χ0v) is 18.2. The number of nitrogens with zero attached hydrogens (tertiary/aromatic N) is 1. The predicted molar refractivity (Wildman–Crippen MR) is 124 cm³/mol. The maximum absolute atomic E-state index is 6.41. The van der Waals surface area contributed by atoms with Gasteiger partial charge in [-0.2, -0.15) is 0 Å². The molecule has 3 aromatic carbocycles. The van der Waals surface area contributed by atoms with Crippen molar-refractivity contribution >= 4 is 46.2 Å². The molecule has 3 aromatic rings. The van der Waals surface area contributed by atoms with Gasteiger partial charge < -0.3 is 10.2 Å². The van der Waals surface area contributed by atoms with Crippen LogP contribution >= 0.6 is 35.4 Å². The molecule has 0 amide bonds. The Kier molecular flexibility index (Phi) is 6.95. The number of anilines is 1. The molecule has 0 heterocycles. The summed E-state index contributed by atoms with van der Waals surface area (Å²) in [5.41, 5.74) is 5.51. The van der Waals surface area contributed by atoms with Crippen molar-refractivity contribution in [2.45, 2.75) is 26.9 Å². The van der Waals surface area contributed by atoms with E-state index in [1.54, 1.807) is 6.07 Å². The van der Waals surface area contributed by atoms with Gasteiger partial charge in [-0.15, -0.1) is 0 Å². The molecule has 0 atom stereocenters. The predicted octanol–water partition coefficient (Wildman–Crippen LogP) is 7.01. The van der Waals surface area contributed by atoms with Crippen molar-refractivity contribution < 1.29 is 0 Å². The SMILES string of the molecule is Cc1ccc(C)c(NC(=S)N(Cc2ccccc2)Cc2ccc(Cl)cc2Cl)c1. The van der Waals surface area contributed by atoms with Crippen LogP contribution in [-0.2, 0) is 13.1 Å². The van der Waals surface area contributed by atoms with E-state index < -0.39 is 0 Å². The Balaban J connectivity index is 1.86. The van der Waals surface area contributed by atoms with E-state index in [0.717, 1.165) is 16.8 Å². The summed E-state index contributed by atoms with van der Waals surface area (Å²) >= 11 is 18.2. The average molecular weight is 429 g/mol. The van der Waals surface area contributed by atoms with E-state index in [0.29, 0.717) is 28.2 Å². The summed E-state index contributed by atoms with van der Waals surface area (Å²) < 4.78 is 0. The van der Waals surface area contributed by atoms with Gasteiger partial charge in [-0.25, -0.2) is 0 Å². The van der Waals surface area contributed by atoms with E-state index in [1.165, 1.54) is 11.1 Å². The first-order valence-electron chi connectivity index (χ1n) is 9.03. The van der Waals surface area contributed by atoms with Crippen LogP contribution in [0, 0.1) is 13.8 Å². The Labute approximate surface area is 182 Å². The van der Waals surface area contributed by atoms with Crippen LogP contribution in [0.2, 0.25) is 10.0 Å². The standard InChI is InChI=1S/C23H22Cl2N2S/c1-16-8-9-17(2)22(12-16)26-23(28)27(14-18-6-4-3-5-7-18)15-19-10-11-20(24)13-21(19)25/h3-13H,14-15H2,1-2H3,(H,26,28). The third-order valence-electron chi connectivity index (χ3n) is 4.51. The maximum Gasteiger partial charge on any atom is 0.174 e. The summed E-state index contributed by atoms with van der Waals surface area (Å²) in [5.74, 6) is 0. The summed E-state index contributed by atoms with van der Waals surface area (Å²) in [6.07, 6.45) is 0. The summed E-state index contributed by atoms with van der Waals surface area (Å²) in [7, 11) is 0. The van der Waals surface area contributed by atoms with E-state index in [9.17, 15) is 0 Å². The van der Waals surface area contributed by atoms with E-state index in [-0.39, 0.29) is 0 Å². The lowest BCUT2D eigenvalue weighted by Crippen LogP contribution is -2.34. The molecule has 0 aromatic heterocycles. The van der Waals surface area contributed by atoms with Gasteiger partial charge in [-0.3, -0.25) is 0 Å². The minimum atomic E-state index is 0.585. The summed E-state index contributed by atoms with van der Waals surface area (Å²) in [6.45, 7) is 5.41. The van der Waals surface area contributed by atoms with Gasteiger partial charge in [0.15, 0.2) is 5.11 Å². The third-order valence-corrected chi connectivity index (χ3v) is 5.46. The highest BCUT2D eigenvalue weighted by atomic mass is 35.5. The van der Waals surface area contributed by atoms with Crippen molar-refractivity contribution in [2.24, 2.45) is 0 Å². The number of hydrogen-bond acceptors (Lipinski definition) is 1. The first-order valence-corrected chi connectivity index (χ1v) is 10.2. The molecule has 0 radical (unpaired) electrons. The highest BCUT2D eigenvalue weighted by Gasteiger charge is 2.14.